The summed E-state index contributed by atoms with van der Waals surface area (Å²) in [6, 6.07) is 5.79. The van der Waals surface area contributed by atoms with E-state index in [0.29, 0.717) is 23.3 Å². The van der Waals surface area contributed by atoms with Gasteiger partial charge in [-0.15, -0.1) is 0 Å². The third-order valence-electron chi connectivity index (χ3n) is 4.42. The zero-order valence-electron chi connectivity index (χ0n) is 13.3. The van der Waals surface area contributed by atoms with Crippen LogP contribution in [0.2, 0.25) is 5.02 Å². The van der Waals surface area contributed by atoms with Crippen molar-refractivity contribution in [2.24, 2.45) is 5.92 Å². The molecule has 1 aromatic rings. The van der Waals surface area contributed by atoms with Gasteiger partial charge in [-0.05, 0) is 50.3 Å². The van der Waals surface area contributed by atoms with Gasteiger partial charge in [-0.3, -0.25) is 4.79 Å². The lowest BCUT2D eigenvalue weighted by Gasteiger charge is -2.32. The van der Waals surface area contributed by atoms with Gasteiger partial charge in [-0.2, -0.15) is 0 Å². The highest BCUT2D eigenvalue weighted by atomic mass is 35.5. The lowest BCUT2D eigenvalue weighted by atomic mass is 9.97. The van der Waals surface area contributed by atoms with E-state index in [4.69, 9.17) is 11.6 Å². The molecule has 1 heterocycles. The molecule has 0 aromatic heterocycles. The lowest BCUT2D eigenvalue weighted by molar-refractivity contribution is -0.121. The Kier molecular flexibility index (Phi) is 4.76. The van der Waals surface area contributed by atoms with E-state index in [-0.39, 0.29) is 17.9 Å². The first-order valence-corrected chi connectivity index (χ1v) is 8.53. The van der Waals surface area contributed by atoms with Crippen molar-refractivity contribution in [3.63, 3.8) is 0 Å². The number of rotatable bonds is 3. The van der Waals surface area contributed by atoms with E-state index in [9.17, 15) is 9.59 Å². The summed E-state index contributed by atoms with van der Waals surface area (Å²) in [6.45, 7) is 3.12. The Labute approximate surface area is 141 Å². The number of anilines is 1. The lowest BCUT2D eigenvalue weighted by Crippen LogP contribution is -2.48. The van der Waals surface area contributed by atoms with Crippen LogP contribution in [0.1, 0.15) is 31.2 Å². The second kappa shape index (κ2) is 6.79. The summed E-state index contributed by atoms with van der Waals surface area (Å²) < 4.78 is 0. The van der Waals surface area contributed by atoms with Gasteiger partial charge in [0.2, 0.25) is 5.91 Å². The molecule has 1 saturated heterocycles. The number of piperidine rings is 1. The second-order valence-electron chi connectivity index (χ2n) is 6.46. The maximum Gasteiger partial charge on any atom is 0.317 e. The third kappa shape index (κ3) is 4.16. The number of nitrogens with one attached hydrogen (secondary N) is 2. The van der Waals surface area contributed by atoms with Crippen molar-refractivity contribution in [2.45, 2.75) is 38.6 Å². The number of carbonyl (C=O) groups excluding carboxylic acids is 2. The Hall–Kier alpha value is -1.75. The fourth-order valence-corrected chi connectivity index (χ4v) is 2.96. The molecule has 1 unspecified atom stereocenters. The number of hydrogen-bond acceptors (Lipinski definition) is 2. The van der Waals surface area contributed by atoms with Crippen molar-refractivity contribution in [3.8, 4) is 0 Å². The first-order chi connectivity index (χ1) is 11.0. The molecule has 3 rings (SSSR count). The first-order valence-electron chi connectivity index (χ1n) is 8.15. The average Bonchev–Trinajstić information content (AvgIpc) is 3.35. The van der Waals surface area contributed by atoms with E-state index in [1.165, 1.54) is 0 Å². The van der Waals surface area contributed by atoms with Crippen LogP contribution >= 0.6 is 11.6 Å². The van der Waals surface area contributed by atoms with E-state index in [0.717, 1.165) is 37.8 Å². The Bertz CT molecular complexity index is 616. The SMILES string of the molecule is Cc1ccc(NC(=O)C2CCCN(C(=O)NC3CC3)C2)cc1Cl. The summed E-state index contributed by atoms with van der Waals surface area (Å²) in [6.07, 6.45) is 3.79. The highest BCUT2D eigenvalue weighted by Gasteiger charge is 2.31. The largest absolute Gasteiger partial charge is 0.335 e. The molecule has 2 N–H and O–H groups in total. The standard InChI is InChI=1S/C17H22ClN3O2/c1-11-4-5-14(9-15(11)18)19-16(22)12-3-2-8-21(10-12)17(23)20-13-6-7-13/h4-5,9,12-13H,2-3,6-8,10H2,1H3,(H,19,22)(H,20,23). The zero-order valence-corrected chi connectivity index (χ0v) is 14.0. The van der Waals surface area contributed by atoms with Gasteiger partial charge in [0.1, 0.15) is 0 Å². The van der Waals surface area contributed by atoms with Gasteiger partial charge >= 0.3 is 6.03 Å². The smallest absolute Gasteiger partial charge is 0.317 e. The van der Waals surface area contributed by atoms with Crippen LogP contribution in [0.5, 0.6) is 0 Å². The fraction of sp³-hybridized carbons (Fsp3) is 0.529. The van der Waals surface area contributed by atoms with Crippen LogP contribution in [0, 0.1) is 12.8 Å². The van der Waals surface area contributed by atoms with E-state index in [1.54, 1.807) is 11.0 Å². The van der Waals surface area contributed by atoms with Gasteiger partial charge in [0, 0.05) is 29.8 Å². The van der Waals surface area contributed by atoms with E-state index in [2.05, 4.69) is 10.6 Å². The number of likely N-dealkylation sites (tertiary alicyclic amines) is 1. The molecule has 0 bridgehead atoms. The fourth-order valence-electron chi connectivity index (χ4n) is 2.78. The third-order valence-corrected chi connectivity index (χ3v) is 4.83. The van der Waals surface area contributed by atoms with Crippen molar-refractivity contribution in [2.75, 3.05) is 18.4 Å². The van der Waals surface area contributed by atoms with Crippen LogP contribution in [0.15, 0.2) is 18.2 Å². The van der Waals surface area contributed by atoms with Gasteiger partial charge in [-0.1, -0.05) is 17.7 Å². The number of aryl methyl sites for hydroxylation is 1. The molecule has 124 valence electrons. The van der Waals surface area contributed by atoms with Gasteiger partial charge in [-0.25, -0.2) is 4.79 Å². The Morgan fingerprint density at radius 3 is 2.74 bits per heavy atom. The number of halogens is 1. The predicted octanol–water partition coefficient (Wildman–Crippen LogP) is 3.17. The molecule has 1 atom stereocenters. The number of amides is 3. The van der Waals surface area contributed by atoms with Gasteiger partial charge in [0.15, 0.2) is 0 Å². The normalized spacial score (nSPS) is 21.0. The summed E-state index contributed by atoms with van der Waals surface area (Å²) in [5.41, 5.74) is 1.68. The van der Waals surface area contributed by atoms with Crippen molar-refractivity contribution in [3.05, 3.63) is 28.8 Å². The van der Waals surface area contributed by atoms with Crippen LogP contribution in [-0.2, 0) is 4.79 Å². The minimum atomic E-state index is -0.172. The number of urea groups is 1. The molecular formula is C17H22ClN3O2. The maximum absolute atomic E-state index is 12.5. The summed E-state index contributed by atoms with van der Waals surface area (Å²) in [7, 11) is 0. The number of benzene rings is 1. The molecule has 1 aliphatic carbocycles. The first kappa shape index (κ1) is 16.1. The Morgan fingerprint density at radius 2 is 2.04 bits per heavy atom. The van der Waals surface area contributed by atoms with Crippen molar-refractivity contribution >= 4 is 29.2 Å². The van der Waals surface area contributed by atoms with E-state index < -0.39 is 0 Å². The highest BCUT2D eigenvalue weighted by molar-refractivity contribution is 6.31. The molecule has 0 radical (unpaired) electrons. The van der Waals surface area contributed by atoms with E-state index >= 15 is 0 Å². The molecule has 3 amide bonds. The summed E-state index contributed by atoms with van der Waals surface area (Å²) >= 11 is 6.09. The number of carbonyl (C=O) groups is 2. The summed E-state index contributed by atoms with van der Waals surface area (Å²) in [4.78, 5) is 26.3. The quantitative estimate of drug-likeness (QED) is 0.891. The molecule has 23 heavy (non-hydrogen) atoms. The molecule has 2 fully saturated rings. The average molecular weight is 336 g/mol. The molecule has 1 aliphatic heterocycles. The Morgan fingerprint density at radius 1 is 1.26 bits per heavy atom. The van der Waals surface area contributed by atoms with Crippen LogP contribution in [0.25, 0.3) is 0 Å². The van der Waals surface area contributed by atoms with Crippen LogP contribution in [-0.4, -0.2) is 36.0 Å². The van der Waals surface area contributed by atoms with Gasteiger partial charge < -0.3 is 15.5 Å². The summed E-state index contributed by atoms with van der Waals surface area (Å²) in [5, 5.41) is 6.53. The van der Waals surface area contributed by atoms with Crippen molar-refractivity contribution < 1.29 is 9.59 Å². The molecule has 5 nitrogen and oxygen atoms in total. The maximum atomic E-state index is 12.5. The van der Waals surface area contributed by atoms with Gasteiger partial charge in [0.25, 0.3) is 0 Å². The van der Waals surface area contributed by atoms with Crippen LogP contribution in [0.4, 0.5) is 10.5 Å². The highest BCUT2D eigenvalue weighted by Crippen LogP contribution is 2.24. The van der Waals surface area contributed by atoms with Crippen molar-refractivity contribution in [1.82, 2.24) is 10.2 Å². The minimum Gasteiger partial charge on any atom is -0.335 e. The predicted molar refractivity (Wildman–Crippen MR) is 90.7 cm³/mol. The zero-order chi connectivity index (χ0) is 16.4. The molecule has 1 saturated carbocycles. The molecule has 6 heteroatoms. The topological polar surface area (TPSA) is 61.4 Å². The number of hydrogen-bond donors (Lipinski definition) is 2. The van der Waals surface area contributed by atoms with Crippen molar-refractivity contribution in [1.29, 1.82) is 0 Å². The van der Waals surface area contributed by atoms with E-state index in [1.807, 2.05) is 19.1 Å². The molecule has 0 spiro atoms. The molecule has 1 aromatic carbocycles. The monoisotopic (exact) mass is 335 g/mol. The Balaban J connectivity index is 1.57. The molecule has 2 aliphatic rings. The van der Waals surface area contributed by atoms with Crippen LogP contribution < -0.4 is 10.6 Å². The van der Waals surface area contributed by atoms with Crippen LogP contribution in [0.3, 0.4) is 0 Å². The van der Waals surface area contributed by atoms with Gasteiger partial charge in [0.05, 0.1) is 5.92 Å². The number of nitrogens with zero attached hydrogens (tertiary/aromatic N) is 1. The second-order valence-corrected chi connectivity index (χ2v) is 6.87. The molecular weight excluding hydrogens is 314 g/mol. The summed E-state index contributed by atoms with van der Waals surface area (Å²) in [5.74, 6) is -0.220. The minimum absolute atomic E-state index is 0.0385.